The highest BCUT2D eigenvalue weighted by atomic mass is 79.9. The van der Waals surface area contributed by atoms with Crippen LogP contribution < -0.4 is 0 Å². The molecule has 0 aliphatic heterocycles. The molecule has 0 atom stereocenters. The molecule has 32 heavy (non-hydrogen) atoms. The number of hydrogen-bond acceptors (Lipinski definition) is 0. The van der Waals surface area contributed by atoms with E-state index in [0.717, 1.165) is 31.6 Å². The van der Waals surface area contributed by atoms with Gasteiger partial charge in [0.2, 0.25) is 0 Å². The van der Waals surface area contributed by atoms with Gasteiger partial charge in [0, 0.05) is 30.5 Å². The van der Waals surface area contributed by atoms with E-state index in [4.69, 9.17) is 23.2 Å². The van der Waals surface area contributed by atoms with Crippen LogP contribution in [0.3, 0.4) is 0 Å². The Morgan fingerprint density at radius 3 is 0.750 bits per heavy atom. The third-order valence-electron chi connectivity index (χ3n) is 5.60. The fraction of sp³-hybridized carbons (Fsp3) is 0. The Kier molecular flexibility index (Phi) is 6.14. The number of hydrogen-bond donors (Lipinski definition) is 0. The van der Waals surface area contributed by atoms with E-state index >= 15 is 0 Å². The molecule has 0 saturated heterocycles. The van der Waals surface area contributed by atoms with Crippen molar-refractivity contribution in [2.24, 2.45) is 0 Å². The van der Waals surface area contributed by atoms with Gasteiger partial charge < -0.3 is 0 Å². The second-order valence-electron chi connectivity index (χ2n) is 7.44. The van der Waals surface area contributed by atoms with Crippen molar-refractivity contribution in [1.82, 2.24) is 0 Å². The van der Waals surface area contributed by atoms with Crippen LogP contribution in [-0.4, -0.2) is 0 Å². The van der Waals surface area contributed by atoms with Gasteiger partial charge in [-0.25, -0.2) is 0 Å². The first kappa shape index (κ1) is 21.7. The van der Waals surface area contributed by atoms with E-state index in [0.29, 0.717) is 0 Å². The molecule has 0 heterocycles. The van der Waals surface area contributed by atoms with Gasteiger partial charge >= 0.3 is 0 Å². The Bertz CT molecular complexity index is 1270. The molecule has 0 fully saturated rings. The summed E-state index contributed by atoms with van der Waals surface area (Å²) in [4.78, 5) is 0. The molecule has 6 aromatic rings. The van der Waals surface area contributed by atoms with Gasteiger partial charge in [0.25, 0.3) is 0 Å². The summed E-state index contributed by atoms with van der Waals surface area (Å²) in [5.74, 6) is 0. The molecule has 0 radical (unpaired) electrons. The average Bonchev–Trinajstić information content (AvgIpc) is 2.86. The van der Waals surface area contributed by atoms with Crippen molar-refractivity contribution in [1.29, 1.82) is 0 Å². The lowest BCUT2D eigenvalue weighted by atomic mass is 10.0. The van der Waals surface area contributed by atoms with Gasteiger partial charge in [-0.15, -0.1) is 0 Å². The molecule has 0 aliphatic carbocycles. The zero-order valence-corrected chi connectivity index (χ0v) is 21.4. The monoisotopic (exact) mass is 580 g/mol. The Balaban J connectivity index is 0.000000135. The summed E-state index contributed by atoms with van der Waals surface area (Å²) in [5, 5.41) is 10.6. The average molecular weight is 583 g/mol. The fourth-order valence-electron chi connectivity index (χ4n) is 4.04. The molecule has 4 heteroatoms. The smallest absolute Gasteiger partial charge is 0.0563 e. The molecule has 0 N–H and O–H groups in total. The molecule has 156 valence electrons. The molecule has 6 aromatic carbocycles. The van der Waals surface area contributed by atoms with Crippen LogP contribution in [0.15, 0.2) is 106 Å². The van der Waals surface area contributed by atoms with Gasteiger partial charge in [-0.2, -0.15) is 0 Å². The molecule has 0 saturated carbocycles. The predicted molar refractivity (Wildman–Crippen MR) is 148 cm³/mol. The topological polar surface area (TPSA) is 0 Å². The van der Waals surface area contributed by atoms with Crippen LogP contribution in [0.2, 0.25) is 10.0 Å². The minimum atomic E-state index is 0.774. The van der Waals surface area contributed by atoms with Crippen LogP contribution in [0.4, 0.5) is 0 Å². The van der Waals surface area contributed by atoms with Crippen LogP contribution in [0, 0.1) is 0 Å². The van der Waals surface area contributed by atoms with Crippen molar-refractivity contribution < 1.29 is 0 Å². The van der Waals surface area contributed by atoms with Crippen molar-refractivity contribution in [2.45, 2.75) is 0 Å². The van der Waals surface area contributed by atoms with Crippen LogP contribution >= 0.6 is 55.1 Å². The highest BCUT2D eigenvalue weighted by Gasteiger charge is 2.10. The van der Waals surface area contributed by atoms with E-state index in [1.54, 1.807) is 0 Å². The number of halogens is 4. The first-order valence-corrected chi connectivity index (χ1v) is 12.4. The molecule has 0 bridgehead atoms. The lowest BCUT2D eigenvalue weighted by molar-refractivity contribution is 1.72. The van der Waals surface area contributed by atoms with Gasteiger partial charge in [0.15, 0.2) is 0 Å². The quantitative estimate of drug-likeness (QED) is 0.156. The first-order chi connectivity index (χ1) is 15.6. The molecule has 0 aliphatic rings. The first-order valence-electron chi connectivity index (χ1n) is 10.1. The summed E-state index contributed by atoms with van der Waals surface area (Å²) in [5.41, 5.74) is 0. The Hall–Kier alpha value is -2.10. The van der Waals surface area contributed by atoms with E-state index < -0.39 is 0 Å². The minimum absolute atomic E-state index is 0.774. The second kappa shape index (κ2) is 9.03. The Labute approximate surface area is 213 Å². The number of rotatable bonds is 0. The van der Waals surface area contributed by atoms with Crippen molar-refractivity contribution in [2.75, 3.05) is 0 Å². The fourth-order valence-corrected chi connectivity index (χ4v) is 6.09. The second-order valence-corrected chi connectivity index (χ2v) is 9.78. The van der Waals surface area contributed by atoms with Crippen molar-refractivity contribution >= 4 is 98.2 Å². The maximum absolute atomic E-state index is 6.39. The Morgan fingerprint density at radius 2 is 0.531 bits per heavy atom. The van der Waals surface area contributed by atoms with Crippen molar-refractivity contribution in [3.05, 3.63) is 116 Å². The molecule has 0 unspecified atom stereocenters. The van der Waals surface area contributed by atoms with E-state index in [1.807, 2.05) is 48.5 Å². The standard InChI is InChI=1S/C14H8Br2.C14H8Cl2/c2*15-13-9-5-1-2-6-10(9)14(16)12-8-4-3-7-11(12)13/h2*1-8H. The van der Waals surface area contributed by atoms with E-state index in [2.05, 4.69) is 80.4 Å². The third-order valence-corrected chi connectivity index (χ3v) is 8.12. The predicted octanol–water partition coefficient (Wildman–Crippen LogP) is 10.8. The summed E-state index contributed by atoms with van der Waals surface area (Å²) in [6.07, 6.45) is 0. The summed E-state index contributed by atoms with van der Waals surface area (Å²) in [6.45, 7) is 0. The van der Waals surface area contributed by atoms with Gasteiger partial charge in [0.1, 0.15) is 0 Å². The maximum atomic E-state index is 6.39. The van der Waals surface area contributed by atoms with Gasteiger partial charge in [-0.1, -0.05) is 120 Å². The van der Waals surface area contributed by atoms with Gasteiger partial charge in [0.05, 0.1) is 10.0 Å². The molecule has 0 spiro atoms. The van der Waals surface area contributed by atoms with Crippen LogP contribution in [0.1, 0.15) is 0 Å². The van der Waals surface area contributed by atoms with Crippen LogP contribution in [0.25, 0.3) is 43.1 Å². The zero-order chi connectivity index (χ0) is 22.2. The SMILES string of the molecule is Brc1c2ccccc2c(Br)c2ccccc12.Clc1c2ccccc2c(Cl)c2ccccc12. The van der Waals surface area contributed by atoms with Crippen LogP contribution in [-0.2, 0) is 0 Å². The summed E-state index contributed by atoms with van der Waals surface area (Å²) < 4.78 is 2.34. The van der Waals surface area contributed by atoms with Crippen molar-refractivity contribution in [3.8, 4) is 0 Å². The van der Waals surface area contributed by atoms with Gasteiger partial charge in [-0.05, 0) is 53.4 Å². The van der Waals surface area contributed by atoms with Crippen molar-refractivity contribution in [3.63, 3.8) is 0 Å². The minimum Gasteiger partial charge on any atom is -0.0830 e. The normalized spacial score (nSPS) is 11.1. The highest BCUT2D eigenvalue weighted by Crippen LogP contribution is 2.39. The van der Waals surface area contributed by atoms with E-state index in [1.165, 1.54) is 30.5 Å². The zero-order valence-electron chi connectivity index (χ0n) is 16.7. The third kappa shape index (κ3) is 3.70. The van der Waals surface area contributed by atoms with Crippen LogP contribution in [0.5, 0.6) is 0 Å². The lowest BCUT2D eigenvalue weighted by Gasteiger charge is -2.09. The van der Waals surface area contributed by atoms with Gasteiger partial charge in [-0.3, -0.25) is 0 Å². The van der Waals surface area contributed by atoms with E-state index in [9.17, 15) is 0 Å². The molecule has 0 amide bonds. The summed E-state index contributed by atoms with van der Waals surface area (Å²) in [7, 11) is 0. The number of fused-ring (bicyclic) bond motifs is 4. The molecule has 0 aromatic heterocycles. The molecule has 6 rings (SSSR count). The summed E-state index contributed by atoms with van der Waals surface area (Å²) in [6, 6.07) is 32.7. The largest absolute Gasteiger partial charge is 0.0830 e. The lowest BCUT2D eigenvalue weighted by Crippen LogP contribution is -1.81. The highest BCUT2D eigenvalue weighted by molar-refractivity contribution is 9.11. The van der Waals surface area contributed by atoms with E-state index in [-0.39, 0.29) is 0 Å². The molecular weight excluding hydrogens is 567 g/mol. The Morgan fingerprint density at radius 1 is 0.344 bits per heavy atom. The molecular formula is C28H16Br2Cl2. The molecule has 0 nitrogen and oxygen atoms in total. The maximum Gasteiger partial charge on any atom is 0.0563 e. The summed E-state index contributed by atoms with van der Waals surface area (Å²) >= 11 is 20.2. The number of benzene rings is 6.